The maximum atomic E-state index is 13.5. The molecule has 3 aromatic rings. The molecule has 0 spiro atoms. The third-order valence-corrected chi connectivity index (χ3v) is 4.00. The van der Waals surface area contributed by atoms with Gasteiger partial charge < -0.3 is 9.84 Å². The summed E-state index contributed by atoms with van der Waals surface area (Å²) < 4.78 is 45.6. The first-order valence-corrected chi connectivity index (χ1v) is 8.47. The van der Waals surface area contributed by atoms with Gasteiger partial charge in [-0.3, -0.25) is 0 Å². The number of anilines is 1. The minimum absolute atomic E-state index is 0.0255. The standard InChI is InChI=1S/C19H19F3N4O/c1-11(2)9-12-6-7-13(10-15(12)19(20,21)22)18-25-17(26-27-18)14-5-4-8-24-16(14)23-3/h4-8,10-11H,9H2,1-3H3,(H,23,24). The Morgan fingerprint density at radius 2 is 1.96 bits per heavy atom. The summed E-state index contributed by atoms with van der Waals surface area (Å²) in [7, 11) is 1.70. The number of halogens is 3. The van der Waals surface area contributed by atoms with Crippen molar-refractivity contribution in [3.05, 3.63) is 47.7 Å². The van der Waals surface area contributed by atoms with Crippen molar-refractivity contribution in [3.63, 3.8) is 0 Å². The zero-order valence-corrected chi connectivity index (χ0v) is 15.1. The Bertz CT molecular complexity index is 935. The number of pyridine rings is 1. The largest absolute Gasteiger partial charge is 0.416 e. The number of nitrogens with zero attached hydrogens (tertiary/aromatic N) is 3. The minimum atomic E-state index is -4.45. The molecule has 1 N–H and O–H groups in total. The maximum absolute atomic E-state index is 13.5. The Balaban J connectivity index is 2.01. The van der Waals surface area contributed by atoms with Crippen molar-refractivity contribution >= 4 is 5.82 Å². The molecule has 0 aliphatic heterocycles. The van der Waals surface area contributed by atoms with Crippen LogP contribution < -0.4 is 5.32 Å². The molecule has 8 heteroatoms. The van der Waals surface area contributed by atoms with Gasteiger partial charge in [-0.15, -0.1) is 0 Å². The van der Waals surface area contributed by atoms with Gasteiger partial charge in [-0.1, -0.05) is 25.1 Å². The molecule has 0 saturated heterocycles. The third-order valence-electron chi connectivity index (χ3n) is 4.00. The van der Waals surface area contributed by atoms with Crippen LogP contribution in [0.2, 0.25) is 0 Å². The van der Waals surface area contributed by atoms with E-state index >= 15 is 0 Å². The highest BCUT2D eigenvalue weighted by molar-refractivity contribution is 5.70. The molecule has 0 unspecified atom stereocenters. The first-order valence-electron chi connectivity index (χ1n) is 8.47. The third kappa shape index (κ3) is 4.10. The molecule has 0 aliphatic rings. The van der Waals surface area contributed by atoms with E-state index in [0.717, 1.165) is 6.07 Å². The number of nitrogens with one attached hydrogen (secondary N) is 1. The van der Waals surface area contributed by atoms with E-state index in [9.17, 15) is 13.2 Å². The number of hydrogen-bond acceptors (Lipinski definition) is 5. The van der Waals surface area contributed by atoms with Crippen LogP contribution in [0.3, 0.4) is 0 Å². The fraction of sp³-hybridized carbons (Fsp3) is 0.316. The quantitative estimate of drug-likeness (QED) is 0.674. The normalized spacial score (nSPS) is 11.8. The molecular weight excluding hydrogens is 357 g/mol. The summed E-state index contributed by atoms with van der Waals surface area (Å²) in [5.41, 5.74) is 0.405. The smallest absolute Gasteiger partial charge is 0.373 e. The lowest BCUT2D eigenvalue weighted by molar-refractivity contribution is -0.138. The summed E-state index contributed by atoms with van der Waals surface area (Å²) in [6.07, 6.45) is -2.50. The van der Waals surface area contributed by atoms with E-state index in [4.69, 9.17) is 4.52 Å². The summed E-state index contributed by atoms with van der Waals surface area (Å²) in [6, 6.07) is 7.59. The fourth-order valence-electron chi connectivity index (χ4n) is 2.83. The van der Waals surface area contributed by atoms with E-state index in [1.807, 2.05) is 13.8 Å². The molecule has 0 atom stereocenters. The SMILES string of the molecule is CNc1ncccc1-c1noc(-c2ccc(CC(C)C)c(C(F)(F)F)c2)n1. The Kier molecular flexibility index (Phi) is 5.16. The molecule has 0 aliphatic carbocycles. The second kappa shape index (κ2) is 7.38. The van der Waals surface area contributed by atoms with Gasteiger partial charge in [-0.25, -0.2) is 4.98 Å². The molecule has 2 aromatic heterocycles. The molecule has 0 radical (unpaired) electrons. The topological polar surface area (TPSA) is 63.8 Å². The van der Waals surface area contributed by atoms with Gasteiger partial charge in [0.2, 0.25) is 5.82 Å². The predicted molar refractivity (Wildman–Crippen MR) is 96.1 cm³/mol. The summed E-state index contributed by atoms with van der Waals surface area (Å²) in [4.78, 5) is 8.41. The van der Waals surface area contributed by atoms with Crippen LogP contribution in [0.15, 0.2) is 41.1 Å². The van der Waals surface area contributed by atoms with Gasteiger partial charge in [0.1, 0.15) is 5.82 Å². The van der Waals surface area contributed by atoms with Gasteiger partial charge in [-0.2, -0.15) is 18.2 Å². The molecule has 0 fully saturated rings. The van der Waals surface area contributed by atoms with Crippen LogP contribution in [0.1, 0.15) is 25.0 Å². The van der Waals surface area contributed by atoms with Crippen LogP contribution in [0.25, 0.3) is 22.8 Å². The second-order valence-corrected chi connectivity index (χ2v) is 6.54. The first-order chi connectivity index (χ1) is 12.8. The lowest BCUT2D eigenvalue weighted by atomic mass is 9.96. The van der Waals surface area contributed by atoms with Crippen LogP contribution >= 0.6 is 0 Å². The molecule has 142 valence electrons. The van der Waals surface area contributed by atoms with Gasteiger partial charge in [0, 0.05) is 18.8 Å². The van der Waals surface area contributed by atoms with Crippen LogP contribution in [-0.4, -0.2) is 22.2 Å². The van der Waals surface area contributed by atoms with Crippen molar-refractivity contribution in [2.45, 2.75) is 26.4 Å². The van der Waals surface area contributed by atoms with Gasteiger partial charge in [0.05, 0.1) is 11.1 Å². The second-order valence-electron chi connectivity index (χ2n) is 6.54. The van der Waals surface area contributed by atoms with E-state index in [0.29, 0.717) is 17.8 Å². The molecule has 0 amide bonds. The Labute approximate surface area is 154 Å². The molecule has 2 heterocycles. The molecule has 1 aromatic carbocycles. The van der Waals surface area contributed by atoms with E-state index in [2.05, 4.69) is 20.4 Å². The Morgan fingerprint density at radius 1 is 1.19 bits per heavy atom. The highest BCUT2D eigenvalue weighted by atomic mass is 19.4. The summed E-state index contributed by atoms with van der Waals surface area (Å²) in [6.45, 7) is 3.76. The monoisotopic (exact) mass is 376 g/mol. The van der Waals surface area contributed by atoms with E-state index < -0.39 is 11.7 Å². The average molecular weight is 376 g/mol. The zero-order chi connectivity index (χ0) is 19.6. The van der Waals surface area contributed by atoms with Crippen molar-refractivity contribution in [2.24, 2.45) is 5.92 Å². The highest BCUT2D eigenvalue weighted by Gasteiger charge is 2.34. The van der Waals surface area contributed by atoms with Gasteiger partial charge in [-0.05, 0) is 42.2 Å². The zero-order valence-electron chi connectivity index (χ0n) is 15.1. The Hall–Kier alpha value is -2.90. The number of rotatable bonds is 5. The number of benzene rings is 1. The van der Waals surface area contributed by atoms with Gasteiger partial charge >= 0.3 is 6.18 Å². The predicted octanol–water partition coefficient (Wildman–Crippen LogP) is 5.06. The minimum Gasteiger partial charge on any atom is -0.373 e. The average Bonchev–Trinajstić information content (AvgIpc) is 3.10. The van der Waals surface area contributed by atoms with Crippen LogP contribution in [0, 0.1) is 5.92 Å². The molecule has 3 rings (SSSR count). The van der Waals surface area contributed by atoms with Crippen molar-refractivity contribution in [1.29, 1.82) is 0 Å². The number of aromatic nitrogens is 3. The molecular formula is C19H19F3N4O. The molecule has 0 saturated carbocycles. The Morgan fingerprint density at radius 3 is 2.63 bits per heavy atom. The molecule has 5 nitrogen and oxygen atoms in total. The number of alkyl halides is 3. The van der Waals surface area contributed by atoms with Crippen LogP contribution in [0.5, 0.6) is 0 Å². The summed E-state index contributed by atoms with van der Waals surface area (Å²) in [5, 5.41) is 6.80. The van der Waals surface area contributed by atoms with E-state index in [-0.39, 0.29) is 28.8 Å². The van der Waals surface area contributed by atoms with Crippen LogP contribution in [0.4, 0.5) is 19.0 Å². The van der Waals surface area contributed by atoms with Gasteiger partial charge in [0.15, 0.2) is 0 Å². The first kappa shape index (κ1) is 18.9. The van der Waals surface area contributed by atoms with E-state index in [1.165, 1.54) is 6.07 Å². The summed E-state index contributed by atoms with van der Waals surface area (Å²) in [5.74, 6) is 0.936. The van der Waals surface area contributed by atoms with Crippen molar-refractivity contribution in [1.82, 2.24) is 15.1 Å². The van der Waals surface area contributed by atoms with Crippen molar-refractivity contribution < 1.29 is 17.7 Å². The van der Waals surface area contributed by atoms with Crippen LogP contribution in [-0.2, 0) is 12.6 Å². The van der Waals surface area contributed by atoms with Crippen molar-refractivity contribution in [2.75, 3.05) is 12.4 Å². The summed E-state index contributed by atoms with van der Waals surface area (Å²) >= 11 is 0. The highest BCUT2D eigenvalue weighted by Crippen LogP contribution is 2.36. The molecule has 27 heavy (non-hydrogen) atoms. The lowest BCUT2D eigenvalue weighted by Gasteiger charge is -2.15. The number of hydrogen-bond donors (Lipinski definition) is 1. The van der Waals surface area contributed by atoms with E-state index in [1.54, 1.807) is 31.4 Å². The maximum Gasteiger partial charge on any atom is 0.416 e. The van der Waals surface area contributed by atoms with Gasteiger partial charge in [0.25, 0.3) is 5.89 Å². The molecule has 0 bridgehead atoms. The van der Waals surface area contributed by atoms with Crippen molar-refractivity contribution in [3.8, 4) is 22.8 Å². The lowest BCUT2D eigenvalue weighted by Crippen LogP contribution is -2.11. The fourth-order valence-corrected chi connectivity index (χ4v) is 2.83.